The highest BCUT2D eigenvalue weighted by Crippen LogP contribution is 2.26. The molecule has 0 saturated carbocycles. The number of rotatable bonds is 9. The van der Waals surface area contributed by atoms with Gasteiger partial charge in [0.25, 0.3) is 0 Å². The van der Waals surface area contributed by atoms with Crippen molar-refractivity contribution in [3.05, 3.63) is 29.8 Å². The summed E-state index contributed by atoms with van der Waals surface area (Å²) in [5.41, 5.74) is 6.76. The van der Waals surface area contributed by atoms with Gasteiger partial charge < -0.3 is 30.7 Å². The van der Waals surface area contributed by atoms with Crippen LogP contribution in [-0.4, -0.2) is 66.0 Å². The van der Waals surface area contributed by atoms with Crippen molar-refractivity contribution < 1.29 is 33.5 Å². The molecule has 1 aliphatic heterocycles. The Hall–Kier alpha value is -2.96. The zero-order chi connectivity index (χ0) is 26.0. The molecular weight excluding hydrogens is 529 g/mol. The van der Waals surface area contributed by atoms with E-state index in [0.717, 1.165) is 0 Å². The molecule has 4 N–H and O–H groups in total. The Morgan fingerprint density at radius 1 is 1.20 bits per heavy atom. The number of carbonyl (C=O) groups excluding carboxylic acids is 4. The maximum atomic E-state index is 12.7. The van der Waals surface area contributed by atoms with E-state index >= 15 is 0 Å². The van der Waals surface area contributed by atoms with Gasteiger partial charge in [-0.2, -0.15) is 0 Å². The third kappa shape index (κ3) is 9.67. The first-order chi connectivity index (χ1) is 16.5. The number of nitrogens with one attached hydrogen (secondary N) is 2. The Kier molecular flexibility index (Phi) is 10.7. The molecule has 15 heteroatoms. The lowest BCUT2D eigenvalue weighted by Gasteiger charge is -2.18. The second-order valence-corrected chi connectivity index (χ2v) is 9.57. The number of anilines is 1. The Bertz CT molecular complexity index is 953. The smallest absolute Gasteiger partial charge is 0.466 e. The maximum absolute atomic E-state index is 12.7. The van der Waals surface area contributed by atoms with Gasteiger partial charge in [0.05, 0.1) is 13.0 Å². The molecule has 0 radical (unpaired) electrons. The molecule has 35 heavy (non-hydrogen) atoms. The van der Waals surface area contributed by atoms with Crippen LogP contribution in [-0.2, 0) is 23.9 Å². The van der Waals surface area contributed by atoms with Crippen molar-refractivity contribution >= 4 is 70.4 Å². The number of esters is 1. The molecule has 1 fully saturated rings. The van der Waals surface area contributed by atoms with Gasteiger partial charge in [0.1, 0.15) is 12.6 Å². The number of amides is 3. The van der Waals surface area contributed by atoms with Crippen molar-refractivity contribution in [3.8, 4) is 0 Å². The highest BCUT2D eigenvalue weighted by Gasteiger charge is 2.33. The number of urea groups is 1. The molecule has 0 bridgehead atoms. The largest absolute Gasteiger partial charge is 0.535 e. The van der Waals surface area contributed by atoms with Crippen LogP contribution < -0.4 is 21.3 Å². The minimum absolute atomic E-state index is 0.0337. The van der Waals surface area contributed by atoms with Crippen molar-refractivity contribution in [3.63, 3.8) is 0 Å². The number of amidine groups is 1. The molecule has 192 valence electrons. The number of nitrogens with zero attached hydrogens (tertiary/aromatic N) is 2. The highest BCUT2D eigenvalue weighted by atomic mass is 35.6. The Labute approximate surface area is 215 Å². The SMILES string of the molecule is CCOC(=O)CCNC(=O)N[C@H]1CCN(c2ccc(C(N)=NOC(=O)OCC(Cl)(Cl)Cl)cc2)C1=O. The van der Waals surface area contributed by atoms with Crippen LogP contribution in [0.15, 0.2) is 29.4 Å². The molecule has 1 atom stereocenters. The highest BCUT2D eigenvalue weighted by molar-refractivity contribution is 6.67. The van der Waals surface area contributed by atoms with Crippen molar-refractivity contribution in [1.29, 1.82) is 0 Å². The van der Waals surface area contributed by atoms with E-state index in [2.05, 4.69) is 25.4 Å². The minimum atomic E-state index is -1.79. The molecule has 1 aliphatic rings. The molecule has 2 rings (SSSR count). The van der Waals surface area contributed by atoms with Gasteiger partial charge in [-0.05, 0) is 37.6 Å². The van der Waals surface area contributed by atoms with Gasteiger partial charge in [-0.3, -0.25) is 14.4 Å². The molecular formula is C20H24Cl3N5O7. The van der Waals surface area contributed by atoms with Crippen molar-refractivity contribution in [1.82, 2.24) is 10.6 Å². The summed E-state index contributed by atoms with van der Waals surface area (Å²) in [5.74, 6) is -0.842. The van der Waals surface area contributed by atoms with E-state index in [0.29, 0.717) is 24.2 Å². The van der Waals surface area contributed by atoms with E-state index in [9.17, 15) is 19.2 Å². The minimum Gasteiger partial charge on any atom is -0.466 e. The van der Waals surface area contributed by atoms with Crippen LogP contribution in [0.2, 0.25) is 0 Å². The third-order valence-corrected chi connectivity index (χ3v) is 4.81. The van der Waals surface area contributed by atoms with Crippen LogP contribution in [0.3, 0.4) is 0 Å². The molecule has 12 nitrogen and oxygen atoms in total. The molecule has 0 unspecified atom stereocenters. The molecule has 0 aromatic heterocycles. The van der Waals surface area contributed by atoms with Gasteiger partial charge in [-0.25, -0.2) is 9.59 Å². The topological polar surface area (TPSA) is 162 Å². The standard InChI is InChI=1S/C20H24Cl3N5O7/c1-2-33-15(29)7-9-25-18(31)26-14-8-10-28(17(14)30)13-5-3-12(4-6-13)16(24)27-35-19(32)34-11-20(21,22)23/h3-6,14H,2,7-11H2,1H3,(H2,24,27)(H2,25,26,31)/t14-/m0/s1. The predicted molar refractivity (Wildman–Crippen MR) is 128 cm³/mol. The number of alkyl halides is 3. The lowest BCUT2D eigenvalue weighted by Crippen LogP contribution is -2.46. The summed E-state index contributed by atoms with van der Waals surface area (Å²) in [4.78, 5) is 53.4. The van der Waals surface area contributed by atoms with Crippen LogP contribution >= 0.6 is 34.8 Å². The number of halogens is 3. The number of benzene rings is 1. The van der Waals surface area contributed by atoms with E-state index in [1.54, 1.807) is 31.2 Å². The van der Waals surface area contributed by atoms with Crippen LogP contribution in [0.4, 0.5) is 15.3 Å². The van der Waals surface area contributed by atoms with Crippen molar-refractivity contribution in [2.75, 3.05) is 31.2 Å². The summed E-state index contributed by atoms with van der Waals surface area (Å²) in [6, 6.07) is 5.12. The summed E-state index contributed by atoms with van der Waals surface area (Å²) >= 11 is 16.4. The van der Waals surface area contributed by atoms with Crippen molar-refractivity contribution in [2.45, 2.75) is 29.6 Å². The quantitative estimate of drug-likeness (QED) is 0.105. The summed E-state index contributed by atoms with van der Waals surface area (Å²) in [6.07, 6.45) is -0.770. The molecule has 1 aromatic rings. The lowest BCUT2D eigenvalue weighted by atomic mass is 10.2. The number of hydrogen-bond donors (Lipinski definition) is 3. The summed E-state index contributed by atoms with van der Waals surface area (Å²) in [5, 5.41) is 8.56. The normalized spacial score (nSPS) is 16.0. The molecule has 1 heterocycles. The van der Waals surface area contributed by atoms with Crippen LogP contribution in [0.1, 0.15) is 25.3 Å². The van der Waals surface area contributed by atoms with Gasteiger partial charge >= 0.3 is 18.2 Å². The van der Waals surface area contributed by atoms with E-state index in [4.69, 9.17) is 45.3 Å². The fraction of sp³-hybridized carbons (Fsp3) is 0.450. The van der Waals surface area contributed by atoms with Gasteiger partial charge in [0.2, 0.25) is 9.70 Å². The molecule has 1 saturated heterocycles. The lowest BCUT2D eigenvalue weighted by molar-refractivity contribution is -0.142. The third-order valence-electron chi connectivity index (χ3n) is 4.48. The zero-order valence-corrected chi connectivity index (χ0v) is 20.9. The van der Waals surface area contributed by atoms with Gasteiger partial charge in [-0.1, -0.05) is 40.0 Å². The maximum Gasteiger partial charge on any atom is 0.535 e. The van der Waals surface area contributed by atoms with Gasteiger partial charge in [0, 0.05) is 24.3 Å². The second kappa shape index (κ2) is 13.2. The number of oxime groups is 1. The number of nitrogens with two attached hydrogens (primary N) is 1. The van der Waals surface area contributed by atoms with Crippen LogP contribution in [0.25, 0.3) is 0 Å². The summed E-state index contributed by atoms with van der Waals surface area (Å²) in [6.45, 7) is 1.90. The fourth-order valence-electron chi connectivity index (χ4n) is 2.91. The van der Waals surface area contributed by atoms with Crippen LogP contribution in [0, 0.1) is 0 Å². The molecule has 1 aromatic carbocycles. The predicted octanol–water partition coefficient (Wildman–Crippen LogP) is 2.19. The zero-order valence-electron chi connectivity index (χ0n) is 18.6. The first-order valence-electron chi connectivity index (χ1n) is 10.4. The van der Waals surface area contributed by atoms with E-state index < -0.39 is 34.6 Å². The van der Waals surface area contributed by atoms with Crippen molar-refractivity contribution in [2.24, 2.45) is 10.9 Å². The number of hydrogen-bond acceptors (Lipinski definition) is 8. The van der Waals surface area contributed by atoms with E-state index in [1.165, 1.54) is 4.90 Å². The second-order valence-electron chi connectivity index (χ2n) is 7.05. The van der Waals surface area contributed by atoms with Gasteiger partial charge in [0.15, 0.2) is 5.84 Å². The molecule has 0 spiro atoms. The monoisotopic (exact) mass is 551 g/mol. The average Bonchev–Trinajstić information content (AvgIpc) is 3.15. The number of ether oxygens (including phenoxy) is 2. The molecule has 0 aliphatic carbocycles. The first kappa shape index (κ1) is 28.3. The average molecular weight is 553 g/mol. The fourth-order valence-corrected chi connectivity index (χ4v) is 3.07. The summed E-state index contributed by atoms with van der Waals surface area (Å²) in [7, 11) is 0. The van der Waals surface area contributed by atoms with E-state index in [-0.39, 0.29) is 31.3 Å². The van der Waals surface area contributed by atoms with E-state index in [1.807, 2.05) is 0 Å². The molecule has 3 amide bonds. The Morgan fingerprint density at radius 2 is 1.89 bits per heavy atom. The number of carbonyl (C=O) groups is 4. The Morgan fingerprint density at radius 3 is 2.51 bits per heavy atom. The first-order valence-corrected chi connectivity index (χ1v) is 11.5. The van der Waals surface area contributed by atoms with Crippen LogP contribution in [0.5, 0.6) is 0 Å². The Balaban J connectivity index is 1.85. The van der Waals surface area contributed by atoms with Gasteiger partial charge in [-0.15, -0.1) is 0 Å². The summed E-state index contributed by atoms with van der Waals surface area (Å²) < 4.78 is 7.54.